The summed E-state index contributed by atoms with van der Waals surface area (Å²) in [6.45, 7) is 6.42. The number of likely N-dealkylation sites (N-methyl/N-ethyl adjacent to an activating group) is 1. The number of benzene rings is 1. The maximum absolute atomic E-state index is 12.2. The zero-order valence-corrected chi connectivity index (χ0v) is 13.5. The van der Waals surface area contributed by atoms with Crippen molar-refractivity contribution in [2.24, 2.45) is 0 Å². The van der Waals surface area contributed by atoms with Crippen molar-refractivity contribution >= 4 is 11.8 Å². The molecular formula is C17H22N2O4. The molecule has 0 fully saturated rings. The molecule has 0 radical (unpaired) electrons. The second-order valence-electron chi connectivity index (χ2n) is 5.29. The van der Waals surface area contributed by atoms with Crippen molar-refractivity contribution in [3.05, 3.63) is 36.4 Å². The molecule has 1 aromatic rings. The molecule has 0 aromatic heterocycles. The predicted molar refractivity (Wildman–Crippen MR) is 86.4 cm³/mol. The van der Waals surface area contributed by atoms with E-state index in [0.29, 0.717) is 19.6 Å². The van der Waals surface area contributed by atoms with Crippen molar-refractivity contribution in [1.82, 2.24) is 10.2 Å². The van der Waals surface area contributed by atoms with Crippen molar-refractivity contribution < 1.29 is 19.1 Å². The van der Waals surface area contributed by atoms with Gasteiger partial charge in [-0.2, -0.15) is 0 Å². The Labute approximate surface area is 136 Å². The Hall–Kier alpha value is -2.50. The average Bonchev–Trinajstić information content (AvgIpc) is 2.54. The number of hydrogen-bond acceptors (Lipinski definition) is 4. The Morgan fingerprint density at radius 2 is 2.30 bits per heavy atom. The normalized spacial score (nSPS) is 15.8. The van der Waals surface area contributed by atoms with Crippen molar-refractivity contribution in [2.45, 2.75) is 19.4 Å². The standard InChI is InChI=1S/C17H22N2O4/c1-4-17(21)19(3)11-16(20)18-14-8-9-23-15-7-6-12(22-5-2)10-13(14)15/h4,6-7,10,14H,1,5,8-9,11H2,2-3H3,(H,18,20). The lowest BCUT2D eigenvalue weighted by atomic mass is 10.00. The molecule has 2 rings (SSSR count). The summed E-state index contributed by atoms with van der Waals surface area (Å²) in [6, 6.07) is 5.44. The molecule has 1 aromatic carbocycles. The molecule has 1 heterocycles. The Morgan fingerprint density at radius 3 is 3.00 bits per heavy atom. The molecule has 2 amide bonds. The Bertz CT molecular complexity index is 600. The summed E-state index contributed by atoms with van der Waals surface area (Å²) in [7, 11) is 1.56. The fraction of sp³-hybridized carbons (Fsp3) is 0.412. The molecular weight excluding hydrogens is 296 g/mol. The Balaban J connectivity index is 2.07. The van der Waals surface area contributed by atoms with Crippen molar-refractivity contribution in [3.8, 4) is 11.5 Å². The largest absolute Gasteiger partial charge is 0.494 e. The van der Waals surface area contributed by atoms with Gasteiger partial charge in [0, 0.05) is 19.0 Å². The van der Waals surface area contributed by atoms with Gasteiger partial charge in [-0.25, -0.2) is 0 Å². The molecule has 23 heavy (non-hydrogen) atoms. The van der Waals surface area contributed by atoms with Crippen LogP contribution in [0.1, 0.15) is 24.9 Å². The van der Waals surface area contributed by atoms with E-state index >= 15 is 0 Å². The highest BCUT2D eigenvalue weighted by atomic mass is 16.5. The van der Waals surface area contributed by atoms with Gasteiger partial charge in [0.15, 0.2) is 0 Å². The first-order valence-electron chi connectivity index (χ1n) is 7.61. The summed E-state index contributed by atoms with van der Waals surface area (Å²) in [5.41, 5.74) is 0.897. The highest BCUT2D eigenvalue weighted by Gasteiger charge is 2.24. The molecule has 6 heteroatoms. The van der Waals surface area contributed by atoms with Gasteiger partial charge >= 0.3 is 0 Å². The first-order valence-corrected chi connectivity index (χ1v) is 7.61. The van der Waals surface area contributed by atoms with Gasteiger partial charge in [0.1, 0.15) is 11.5 Å². The van der Waals surface area contributed by atoms with E-state index in [4.69, 9.17) is 9.47 Å². The molecule has 124 valence electrons. The number of hydrogen-bond donors (Lipinski definition) is 1. The number of rotatable bonds is 6. The first kappa shape index (κ1) is 16.9. The van der Waals surface area contributed by atoms with E-state index in [1.165, 1.54) is 11.0 Å². The SMILES string of the molecule is C=CC(=O)N(C)CC(=O)NC1CCOc2ccc(OCC)cc21. The predicted octanol–water partition coefficient (Wildman–Crippen LogP) is 1.67. The van der Waals surface area contributed by atoms with Crippen molar-refractivity contribution in [3.63, 3.8) is 0 Å². The minimum Gasteiger partial charge on any atom is -0.494 e. The third-order valence-electron chi connectivity index (χ3n) is 3.60. The van der Waals surface area contributed by atoms with Crippen LogP contribution in [0, 0.1) is 0 Å². The molecule has 1 aliphatic rings. The van der Waals surface area contributed by atoms with Crippen LogP contribution >= 0.6 is 0 Å². The molecule has 1 N–H and O–H groups in total. The zero-order valence-electron chi connectivity index (χ0n) is 13.5. The van der Waals surface area contributed by atoms with Crippen LogP contribution in [0.5, 0.6) is 11.5 Å². The summed E-state index contributed by atoms with van der Waals surface area (Å²) in [4.78, 5) is 24.9. The van der Waals surface area contributed by atoms with Crippen LogP contribution < -0.4 is 14.8 Å². The van der Waals surface area contributed by atoms with Crippen LogP contribution in [0.3, 0.4) is 0 Å². The fourth-order valence-electron chi connectivity index (χ4n) is 2.47. The summed E-state index contributed by atoms with van der Waals surface area (Å²) in [6.07, 6.45) is 1.86. The molecule has 6 nitrogen and oxygen atoms in total. The van der Waals surface area contributed by atoms with Crippen molar-refractivity contribution in [1.29, 1.82) is 0 Å². The number of nitrogens with one attached hydrogen (secondary N) is 1. The third kappa shape index (κ3) is 4.25. The van der Waals surface area contributed by atoms with E-state index in [2.05, 4.69) is 11.9 Å². The molecule has 1 aliphatic heterocycles. The Kier molecular flexibility index (Phi) is 5.62. The monoisotopic (exact) mass is 318 g/mol. The average molecular weight is 318 g/mol. The van der Waals surface area contributed by atoms with E-state index in [0.717, 1.165) is 17.1 Å². The maximum Gasteiger partial charge on any atom is 0.246 e. The van der Waals surface area contributed by atoms with Gasteiger partial charge in [0.2, 0.25) is 11.8 Å². The molecule has 0 saturated heterocycles. The quantitative estimate of drug-likeness (QED) is 0.810. The van der Waals surface area contributed by atoms with E-state index in [9.17, 15) is 9.59 Å². The number of carbonyl (C=O) groups excluding carboxylic acids is 2. The maximum atomic E-state index is 12.2. The number of carbonyl (C=O) groups is 2. The van der Waals surface area contributed by atoms with E-state index < -0.39 is 0 Å². The summed E-state index contributed by atoms with van der Waals surface area (Å²) in [5, 5.41) is 2.95. The highest BCUT2D eigenvalue weighted by Crippen LogP contribution is 2.34. The lowest BCUT2D eigenvalue weighted by Gasteiger charge is -2.28. The van der Waals surface area contributed by atoms with Gasteiger partial charge < -0.3 is 19.7 Å². The van der Waals surface area contributed by atoms with Crippen LogP contribution in [0.4, 0.5) is 0 Å². The summed E-state index contributed by atoms with van der Waals surface area (Å²) >= 11 is 0. The van der Waals surface area contributed by atoms with Gasteiger partial charge in [-0.15, -0.1) is 0 Å². The first-order chi connectivity index (χ1) is 11.0. The smallest absolute Gasteiger partial charge is 0.246 e. The van der Waals surface area contributed by atoms with E-state index in [-0.39, 0.29) is 24.4 Å². The van der Waals surface area contributed by atoms with Crippen molar-refractivity contribution in [2.75, 3.05) is 26.8 Å². The molecule has 0 spiro atoms. The van der Waals surface area contributed by atoms with Gasteiger partial charge in [-0.05, 0) is 31.2 Å². The third-order valence-corrected chi connectivity index (χ3v) is 3.60. The fourth-order valence-corrected chi connectivity index (χ4v) is 2.47. The second-order valence-corrected chi connectivity index (χ2v) is 5.29. The number of nitrogens with zero attached hydrogens (tertiary/aromatic N) is 1. The van der Waals surface area contributed by atoms with Gasteiger partial charge in [0.25, 0.3) is 0 Å². The highest BCUT2D eigenvalue weighted by molar-refractivity contribution is 5.90. The number of amides is 2. The van der Waals surface area contributed by atoms with E-state index in [1.807, 2.05) is 25.1 Å². The van der Waals surface area contributed by atoms with Crippen LogP contribution in [-0.2, 0) is 9.59 Å². The number of fused-ring (bicyclic) bond motifs is 1. The lowest BCUT2D eigenvalue weighted by molar-refractivity contribution is -0.131. The lowest BCUT2D eigenvalue weighted by Crippen LogP contribution is -2.40. The van der Waals surface area contributed by atoms with Gasteiger partial charge in [-0.3, -0.25) is 9.59 Å². The minimum absolute atomic E-state index is 0.0112. The Morgan fingerprint density at radius 1 is 1.52 bits per heavy atom. The molecule has 1 unspecified atom stereocenters. The topological polar surface area (TPSA) is 67.9 Å². The van der Waals surface area contributed by atoms with E-state index in [1.54, 1.807) is 7.05 Å². The molecule has 0 bridgehead atoms. The van der Waals surface area contributed by atoms with Gasteiger partial charge in [0.05, 0.1) is 25.8 Å². The minimum atomic E-state index is -0.286. The second kappa shape index (κ2) is 7.67. The van der Waals surface area contributed by atoms with Crippen LogP contribution in [0.25, 0.3) is 0 Å². The summed E-state index contributed by atoms with van der Waals surface area (Å²) < 4.78 is 11.1. The van der Waals surface area contributed by atoms with Crippen LogP contribution in [0.2, 0.25) is 0 Å². The summed E-state index contributed by atoms with van der Waals surface area (Å²) in [5.74, 6) is 0.990. The van der Waals surface area contributed by atoms with Gasteiger partial charge in [-0.1, -0.05) is 6.58 Å². The van der Waals surface area contributed by atoms with Crippen LogP contribution in [-0.4, -0.2) is 43.5 Å². The molecule has 0 saturated carbocycles. The molecule has 0 aliphatic carbocycles. The molecule has 1 atom stereocenters. The zero-order chi connectivity index (χ0) is 16.8. The van der Waals surface area contributed by atoms with Crippen LogP contribution in [0.15, 0.2) is 30.9 Å². The number of ether oxygens (including phenoxy) is 2.